The van der Waals surface area contributed by atoms with Crippen molar-refractivity contribution in [3.63, 3.8) is 0 Å². The first-order valence-corrected chi connectivity index (χ1v) is 10.8. The first-order valence-electron chi connectivity index (χ1n) is 10.0. The Labute approximate surface area is 215 Å². The Morgan fingerprint density at radius 3 is 2.22 bits per heavy atom. The standard InChI is InChI=1S/C24H11Cl2F5N2O4/c25-9-1-3-11(14(26)5-9)17-12-4-2-10(6-15(12)37-24(33)13(17)7-32)36-16(34)8-35-23-21(30)19(28)18(27)20(29)22(23)31/h1-6,17H,8,33H2. The molecule has 0 aromatic heterocycles. The third-order valence-electron chi connectivity index (χ3n) is 5.20. The second-order valence-electron chi connectivity index (χ2n) is 7.45. The minimum absolute atomic E-state index is 0.0673. The van der Waals surface area contributed by atoms with Crippen molar-refractivity contribution in [1.82, 2.24) is 0 Å². The van der Waals surface area contributed by atoms with Crippen molar-refractivity contribution in [2.75, 3.05) is 6.61 Å². The number of allylic oxidation sites excluding steroid dienone is 1. The molecule has 0 fully saturated rings. The number of hydrogen-bond acceptors (Lipinski definition) is 6. The molecule has 2 N–H and O–H groups in total. The number of carbonyl (C=O) groups is 1. The van der Waals surface area contributed by atoms with Gasteiger partial charge in [-0.2, -0.15) is 14.0 Å². The molecular formula is C24H11Cl2F5N2O4. The van der Waals surface area contributed by atoms with Crippen LogP contribution in [0.3, 0.4) is 0 Å². The lowest BCUT2D eigenvalue weighted by molar-refractivity contribution is -0.136. The van der Waals surface area contributed by atoms with E-state index in [2.05, 4.69) is 4.74 Å². The fourth-order valence-corrected chi connectivity index (χ4v) is 4.08. The van der Waals surface area contributed by atoms with Crippen molar-refractivity contribution in [3.8, 4) is 23.3 Å². The quantitative estimate of drug-likeness (QED) is 0.138. The van der Waals surface area contributed by atoms with Gasteiger partial charge in [0.2, 0.25) is 35.0 Å². The Morgan fingerprint density at radius 2 is 1.59 bits per heavy atom. The highest BCUT2D eigenvalue weighted by molar-refractivity contribution is 6.35. The van der Waals surface area contributed by atoms with E-state index in [0.29, 0.717) is 16.1 Å². The minimum atomic E-state index is -2.37. The molecular weight excluding hydrogens is 546 g/mol. The molecule has 0 radical (unpaired) electrons. The fourth-order valence-electron chi connectivity index (χ4n) is 3.56. The minimum Gasteiger partial charge on any atom is -0.476 e. The van der Waals surface area contributed by atoms with E-state index >= 15 is 0 Å². The Balaban J connectivity index is 1.57. The normalized spacial score (nSPS) is 14.5. The molecule has 1 atom stereocenters. The maximum atomic E-state index is 13.7. The predicted octanol–water partition coefficient (Wildman–Crippen LogP) is 5.89. The molecule has 0 saturated carbocycles. The summed E-state index contributed by atoms with van der Waals surface area (Å²) in [5.41, 5.74) is 6.92. The molecule has 3 aromatic rings. The molecule has 0 aliphatic carbocycles. The van der Waals surface area contributed by atoms with Crippen LogP contribution in [0.1, 0.15) is 17.0 Å². The number of nitriles is 1. The molecule has 6 nitrogen and oxygen atoms in total. The maximum Gasteiger partial charge on any atom is 0.349 e. The van der Waals surface area contributed by atoms with Crippen molar-refractivity contribution in [2.45, 2.75) is 5.92 Å². The third kappa shape index (κ3) is 4.85. The molecule has 1 aliphatic rings. The maximum absolute atomic E-state index is 13.7. The van der Waals surface area contributed by atoms with Gasteiger partial charge in [0.05, 0.1) is 5.92 Å². The van der Waals surface area contributed by atoms with Gasteiger partial charge in [-0.15, -0.1) is 0 Å². The molecule has 13 heteroatoms. The van der Waals surface area contributed by atoms with E-state index in [4.69, 9.17) is 38.4 Å². The third-order valence-corrected chi connectivity index (χ3v) is 5.76. The zero-order valence-corrected chi connectivity index (χ0v) is 19.6. The molecule has 1 heterocycles. The molecule has 1 unspecified atom stereocenters. The molecule has 4 rings (SSSR count). The number of nitrogens with two attached hydrogens (primary N) is 1. The molecule has 190 valence electrons. The van der Waals surface area contributed by atoms with E-state index in [-0.39, 0.29) is 28.0 Å². The summed E-state index contributed by atoms with van der Waals surface area (Å²) in [5.74, 6) is -15.2. The molecule has 0 bridgehead atoms. The van der Waals surface area contributed by atoms with Gasteiger partial charge in [0.25, 0.3) is 0 Å². The summed E-state index contributed by atoms with van der Waals surface area (Å²) >= 11 is 12.3. The first-order chi connectivity index (χ1) is 17.5. The van der Waals surface area contributed by atoms with Crippen molar-refractivity contribution in [3.05, 3.63) is 98.1 Å². The van der Waals surface area contributed by atoms with Crippen molar-refractivity contribution in [2.24, 2.45) is 5.73 Å². The SMILES string of the molecule is N#CC1=C(N)Oc2cc(OC(=O)COc3c(F)c(F)c(F)c(F)c3F)ccc2C1c1ccc(Cl)cc1Cl. The lowest BCUT2D eigenvalue weighted by Gasteiger charge is -2.27. The smallest absolute Gasteiger partial charge is 0.349 e. The number of rotatable bonds is 5. The zero-order valence-electron chi connectivity index (χ0n) is 18.1. The molecule has 0 spiro atoms. The molecule has 3 aromatic carbocycles. The summed E-state index contributed by atoms with van der Waals surface area (Å²) in [6, 6.07) is 10.7. The Bertz CT molecular complexity index is 1490. The highest BCUT2D eigenvalue weighted by atomic mass is 35.5. The van der Waals surface area contributed by atoms with Crippen LogP contribution in [0.5, 0.6) is 17.2 Å². The second kappa shape index (κ2) is 10.2. The summed E-state index contributed by atoms with van der Waals surface area (Å²) in [4.78, 5) is 12.1. The van der Waals surface area contributed by atoms with Crippen LogP contribution in [0, 0.1) is 40.4 Å². The van der Waals surface area contributed by atoms with Gasteiger partial charge in [0.15, 0.2) is 12.4 Å². The van der Waals surface area contributed by atoms with E-state index in [1.165, 1.54) is 24.3 Å². The summed E-state index contributed by atoms with van der Waals surface area (Å²) in [6.07, 6.45) is 0. The predicted molar refractivity (Wildman–Crippen MR) is 120 cm³/mol. The van der Waals surface area contributed by atoms with E-state index < -0.39 is 53.3 Å². The van der Waals surface area contributed by atoms with Crippen LogP contribution in [0.4, 0.5) is 22.0 Å². The van der Waals surface area contributed by atoms with Gasteiger partial charge in [0.1, 0.15) is 23.1 Å². The van der Waals surface area contributed by atoms with Gasteiger partial charge in [-0.05, 0) is 23.8 Å². The van der Waals surface area contributed by atoms with Crippen molar-refractivity contribution >= 4 is 29.2 Å². The van der Waals surface area contributed by atoms with Crippen LogP contribution in [-0.4, -0.2) is 12.6 Å². The fraction of sp³-hybridized carbons (Fsp3) is 0.0833. The van der Waals surface area contributed by atoms with Gasteiger partial charge >= 0.3 is 5.97 Å². The van der Waals surface area contributed by atoms with Gasteiger partial charge in [-0.1, -0.05) is 35.3 Å². The van der Waals surface area contributed by atoms with Crippen LogP contribution in [0.15, 0.2) is 47.9 Å². The highest BCUT2D eigenvalue weighted by Crippen LogP contribution is 2.45. The van der Waals surface area contributed by atoms with E-state index in [0.717, 1.165) is 0 Å². The number of ether oxygens (including phenoxy) is 3. The second-order valence-corrected chi connectivity index (χ2v) is 8.30. The number of fused-ring (bicyclic) bond motifs is 1. The largest absolute Gasteiger partial charge is 0.476 e. The summed E-state index contributed by atoms with van der Waals surface area (Å²) in [6.45, 7) is -1.19. The van der Waals surface area contributed by atoms with Gasteiger partial charge in [-0.25, -0.2) is 18.0 Å². The lowest BCUT2D eigenvalue weighted by atomic mass is 9.83. The summed E-state index contributed by atoms with van der Waals surface area (Å²) < 4.78 is 82.2. The number of benzene rings is 3. The van der Waals surface area contributed by atoms with Gasteiger partial charge < -0.3 is 19.9 Å². The Morgan fingerprint density at radius 1 is 0.973 bits per heavy atom. The summed E-state index contributed by atoms with van der Waals surface area (Å²) in [5, 5.41) is 10.3. The monoisotopic (exact) mass is 556 g/mol. The number of esters is 1. The lowest BCUT2D eigenvalue weighted by Crippen LogP contribution is -2.22. The molecule has 1 aliphatic heterocycles. The number of hydrogen-bond donors (Lipinski definition) is 1. The summed E-state index contributed by atoms with van der Waals surface area (Å²) in [7, 11) is 0. The van der Waals surface area contributed by atoms with E-state index in [9.17, 15) is 32.0 Å². The van der Waals surface area contributed by atoms with Gasteiger partial charge in [0, 0.05) is 21.7 Å². The zero-order chi connectivity index (χ0) is 27.0. The van der Waals surface area contributed by atoms with E-state index in [1.54, 1.807) is 12.1 Å². The molecule has 0 saturated heterocycles. The number of halogens is 7. The Hall–Kier alpha value is -4.01. The highest BCUT2D eigenvalue weighted by Gasteiger charge is 2.33. The molecule has 37 heavy (non-hydrogen) atoms. The van der Waals surface area contributed by atoms with Crippen LogP contribution in [0.25, 0.3) is 0 Å². The first kappa shape index (κ1) is 26.1. The average Bonchev–Trinajstić information content (AvgIpc) is 2.85. The van der Waals surface area contributed by atoms with Gasteiger partial charge in [-0.3, -0.25) is 0 Å². The number of carbonyl (C=O) groups excluding carboxylic acids is 1. The van der Waals surface area contributed by atoms with Crippen LogP contribution < -0.4 is 19.9 Å². The van der Waals surface area contributed by atoms with Crippen LogP contribution >= 0.6 is 23.2 Å². The van der Waals surface area contributed by atoms with Crippen molar-refractivity contribution < 1.29 is 41.0 Å². The van der Waals surface area contributed by atoms with E-state index in [1.807, 2.05) is 6.07 Å². The average molecular weight is 557 g/mol. The number of nitrogens with zero attached hydrogens (tertiary/aromatic N) is 1. The van der Waals surface area contributed by atoms with Crippen LogP contribution in [-0.2, 0) is 4.79 Å². The molecule has 0 amide bonds. The van der Waals surface area contributed by atoms with Crippen molar-refractivity contribution in [1.29, 1.82) is 5.26 Å². The topological polar surface area (TPSA) is 94.6 Å². The Kier molecular flexibility index (Phi) is 7.16. The van der Waals surface area contributed by atoms with Crippen LogP contribution in [0.2, 0.25) is 10.0 Å².